The van der Waals surface area contributed by atoms with Crippen LogP contribution in [0.1, 0.15) is 59.3 Å². The Hall–Kier alpha value is -0.780. The molecule has 0 aromatic carbocycles. The fourth-order valence-corrected chi connectivity index (χ4v) is 7.50. The van der Waals surface area contributed by atoms with Crippen molar-refractivity contribution in [1.82, 2.24) is 5.01 Å². The van der Waals surface area contributed by atoms with Gasteiger partial charge in [-0.05, 0) is 61.7 Å². The van der Waals surface area contributed by atoms with Gasteiger partial charge >= 0.3 is 5.97 Å². The van der Waals surface area contributed by atoms with Gasteiger partial charge in [-0.25, -0.2) is 9.80 Å². The van der Waals surface area contributed by atoms with Crippen LogP contribution in [0.4, 0.5) is 0 Å². The summed E-state index contributed by atoms with van der Waals surface area (Å²) in [5.41, 5.74) is -0.523. The number of carboxylic acid groups (broad SMARTS) is 1. The quantitative estimate of drug-likeness (QED) is 0.549. The van der Waals surface area contributed by atoms with Crippen molar-refractivity contribution in [2.75, 3.05) is 12.3 Å². The minimum atomic E-state index is -0.970. The standard InChI is InChI=1S/C18H30N2O3S/c1-17(2,3)15(16(21)22)20(19-23)4-5-24-18-9-12-6-13(10-18)8-14(7-12)11-18/h12-15H,4-11H2,1-3H3,(H,21,22). The van der Waals surface area contributed by atoms with Crippen LogP contribution in [-0.4, -0.2) is 39.2 Å². The van der Waals surface area contributed by atoms with Crippen LogP contribution >= 0.6 is 11.8 Å². The van der Waals surface area contributed by atoms with E-state index in [9.17, 15) is 14.8 Å². The molecule has 0 spiro atoms. The second kappa shape index (κ2) is 6.50. The molecular formula is C18H30N2O3S. The number of hydrogen-bond acceptors (Lipinski definition) is 4. The van der Waals surface area contributed by atoms with Gasteiger partial charge < -0.3 is 5.11 Å². The highest BCUT2D eigenvalue weighted by molar-refractivity contribution is 8.00. The number of aliphatic carboxylic acids is 1. The second-order valence-corrected chi connectivity index (χ2v) is 10.9. The van der Waals surface area contributed by atoms with E-state index >= 15 is 0 Å². The van der Waals surface area contributed by atoms with Crippen molar-refractivity contribution in [1.29, 1.82) is 0 Å². The van der Waals surface area contributed by atoms with E-state index in [4.69, 9.17) is 0 Å². The van der Waals surface area contributed by atoms with Crippen LogP contribution in [0, 0.1) is 28.1 Å². The van der Waals surface area contributed by atoms with Gasteiger partial charge in [-0.3, -0.25) is 0 Å². The van der Waals surface area contributed by atoms with E-state index in [2.05, 4.69) is 5.29 Å². The molecule has 0 saturated heterocycles. The maximum atomic E-state index is 11.6. The summed E-state index contributed by atoms with van der Waals surface area (Å²) in [6, 6.07) is -0.869. The Kier molecular flexibility index (Phi) is 4.89. The lowest BCUT2D eigenvalue weighted by molar-refractivity contribution is -0.147. The summed E-state index contributed by atoms with van der Waals surface area (Å²) in [5, 5.41) is 13.8. The van der Waals surface area contributed by atoms with Crippen LogP contribution in [-0.2, 0) is 4.79 Å². The predicted octanol–water partition coefficient (Wildman–Crippen LogP) is 4.17. The first-order chi connectivity index (χ1) is 11.2. The van der Waals surface area contributed by atoms with Gasteiger partial charge in [0.1, 0.15) is 0 Å². The van der Waals surface area contributed by atoms with Gasteiger partial charge in [0.2, 0.25) is 0 Å². The molecule has 136 valence electrons. The average molecular weight is 355 g/mol. The van der Waals surface area contributed by atoms with Crippen LogP contribution in [0.5, 0.6) is 0 Å². The number of thioether (sulfide) groups is 1. The Morgan fingerprint density at radius 2 is 1.71 bits per heavy atom. The summed E-state index contributed by atoms with van der Waals surface area (Å²) in [7, 11) is 0. The molecule has 24 heavy (non-hydrogen) atoms. The van der Waals surface area contributed by atoms with Gasteiger partial charge in [0.05, 0.1) is 5.29 Å². The number of rotatable bonds is 7. The van der Waals surface area contributed by atoms with E-state index in [1.165, 1.54) is 43.5 Å². The summed E-state index contributed by atoms with van der Waals surface area (Å²) in [6.07, 6.45) is 8.23. The van der Waals surface area contributed by atoms with E-state index < -0.39 is 17.4 Å². The lowest BCUT2D eigenvalue weighted by atomic mass is 9.56. The fraction of sp³-hybridized carbons (Fsp3) is 0.944. The maximum Gasteiger partial charge on any atom is 0.328 e. The summed E-state index contributed by atoms with van der Waals surface area (Å²) in [6.45, 7) is 5.95. The average Bonchev–Trinajstić information content (AvgIpc) is 2.42. The summed E-state index contributed by atoms with van der Waals surface area (Å²) in [5.74, 6) is 2.54. The van der Waals surface area contributed by atoms with Gasteiger partial charge in [0, 0.05) is 17.0 Å². The topological polar surface area (TPSA) is 70.0 Å². The molecule has 4 saturated carbocycles. The number of nitroso groups, excluding NO2 is 1. The molecule has 4 aliphatic carbocycles. The van der Waals surface area contributed by atoms with Gasteiger partial charge in [-0.1, -0.05) is 20.8 Å². The van der Waals surface area contributed by atoms with Gasteiger partial charge in [-0.2, -0.15) is 11.8 Å². The molecular weight excluding hydrogens is 324 g/mol. The Morgan fingerprint density at radius 3 is 2.08 bits per heavy atom. The van der Waals surface area contributed by atoms with E-state index in [1.54, 1.807) is 0 Å². The molecule has 1 atom stereocenters. The maximum absolute atomic E-state index is 11.6. The van der Waals surface area contributed by atoms with Crippen LogP contribution in [0.15, 0.2) is 5.29 Å². The molecule has 4 fully saturated rings. The Morgan fingerprint density at radius 1 is 1.21 bits per heavy atom. The normalized spacial score (nSPS) is 35.7. The summed E-state index contributed by atoms with van der Waals surface area (Å²) >= 11 is 1.98. The lowest BCUT2D eigenvalue weighted by Crippen LogP contribution is -2.50. The lowest BCUT2D eigenvalue weighted by Gasteiger charge is -2.56. The van der Waals surface area contributed by atoms with E-state index in [0.717, 1.165) is 23.5 Å². The molecule has 1 N–H and O–H groups in total. The molecule has 0 amide bonds. The number of nitrogens with zero attached hydrogens (tertiary/aromatic N) is 2. The molecule has 4 aliphatic rings. The van der Waals surface area contributed by atoms with Crippen LogP contribution in [0.2, 0.25) is 0 Å². The Bertz CT molecular complexity index is 468. The highest BCUT2D eigenvalue weighted by Crippen LogP contribution is 2.60. The Labute approximate surface area is 148 Å². The van der Waals surface area contributed by atoms with Crippen LogP contribution in [0.25, 0.3) is 0 Å². The largest absolute Gasteiger partial charge is 0.480 e. The first kappa shape index (κ1) is 18.0. The molecule has 0 radical (unpaired) electrons. The van der Waals surface area contributed by atoms with Gasteiger partial charge in [0.15, 0.2) is 6.04 Å². The molecule has 0 aromatic heterocycles. The first-order valence-corrected chi connectivity index (χ1v) is 10.2. The second-order valence-electron chi connectivity index (χ2n) is 9.30. The third kappa shape index (κ3) is 3.58. The van der Waals surface area contributed by atoms with Crippen molar-refractivity contribution in [3.8, 4) is 0 Å². The molecule has 6 heteroatoms. The zero-order chi connectivity index (χ0) is 17.5. The minimum Gasteiger partial charge on any atom is -0.480 e. The van der Waals surface area contributed by atoms with E-state index in [-0.39, 0.29) is 0 Å². The molecule has 4 rings (SSSR count). The summed E-state index contributed by atoms with van der Waals surface area (Å²) < 4.78 is 0.393. The van der Waals surface area contributed by atoms with Gasteiger partial charge in [0.25, 0.3) is 0 Å². The van der Waals surface area contributed by atoms with Crippen molar-refractivity contribution >= 4 is 17.7 Å². The predicted molar refractivity (Wildman–Crippen MR) is 96.7 cm³/mol. The van der Waals surface area contributed by atoms with E-state index in [0.29, 0.717) is 11.3 Å². The monoisotopic (exact) mass is 354 g/mol. The zero-order valence-corrected chi connectivity index (χ0v) is 15.8. The highest BCUT2D eigenvalue weighted by atomic mass is 32.2. The molecule has 0 heterocycles. The number of carboxylic acids is 1. The van der Waals surface area contributed by atoms with Crippen LogP contribution < -0.4 is 0 Å². The molecule has 0 aromatic rings. The number of carbonyl (C=O) groups is 1. The first-order valence-electron chi connectivity index (χ1n) is 9.19. The van der Waals surface area contributed by atoms with Crippen LogP contribution in [0.3, 0.4) is 0 Å². The molecule has 1 unspecified atom stereocenters. The highest BCUT2D eigenvalue weighted by Gasteiger charge is 2.51. The van der Waals surface area contributed by atoms with Gasteiger partial charge in [-0.15, -0.1) is 4.91 Å². The van der Waals surface area contributed by atoms with Crippen molar-refractivity contribution in [2.45, 2.75) is 70.1 Å². The zero-order valence-electron chi connectivity index (χ0n) is 15.0. The van der Waals surface area contributed by atoms with E-state index in [1.807, 2.05) is 32.5 Å². The minimum absolute atomic E-state index is 0.393. The third-order valence-corrected chi connectivity index (χ3v) is 7.67. The SMILES string of the molecule is CC(C)(C)C(C(=O)O)N(CCSC12CC3CC(CC(C3)C1)C2)N=O. The van der Waals surface area contributed by atoms with Crippen molar-refractivity contribution < 1.29 is 9.90 Å². The number of hydrogen-bond donors (Lipinski definition) is 1. The van der Waals surface area contributed by atoms with Crippen molar-refractivity contribution in [3.63, 3.8) is 0 Å². The smallest absolute Gasteiger partial charge is 0.328 e. The molecule has 0 aliphatic heterocycles. The fourth-order valence-electron chi connectivity index (χ4n) is 5.73. The van der Waals surface area contributed by atoms with Crippen molar-refractivity contribution in [2.24, 2.45) is 28.5 Å². The molecule has 4 bridgehead atoms. The third-order valence-electron chi connectivity index (χ3n) is 6.17. The van der Waals surface area contributed by atoms with Crippen molar-refractivity contribution in [3.05, 3.63) is 4.91 Å². The molecule has 5 nitrogen and oxygen atoms in total. The Balaban J connectivity index is 1.58. The summed E-state index contributed by atoms with van der Waals surface area (Å²) in [4.78, 5) is 22.8.